The first-order valence-corrected chi connectivity index (χ1v) is 10.1. The van der Waals surface area contributed by atoms with Crippen LogP contribution in [0.4, 0.5) is 0 Å². The van der Waals surface area contributed by atoms with E-state index in [-0.39, 0.29) is 6.61 Å². The van der Waals surface area contributed by atoms with Crippen LogP contribution in [-0.2, 0) is 11.3 Å². The average molecular weight is 379 g/mol. The second-order valence-corrected chi connectivity index (χ2v) is 7.82. The lowest BCUT2D eigenvalue weighted by Crippen LogP contribution is -2.42. The van der Waals surface area contributed by atoms with E-state index in [1.165, 1.54) is 19.3 Å². The number of benzene rings is 1. The van der Waals surface area contributed by atoms with E-state index in [0.717, 1.165) is 62.4 Å². The van der Waals surface area contributed by atoms with Crippen LogP contribution in [0.1, 0.15) is 24.8 Å². The molecule has 2 fully saturated rings. The van der Waals surface area contributed by atoms with Crippen molar-refractivity contribution in [3.8, 4) is 11.5 Å². The van der Waals surface area contributed by atoms with E-state index in [1.54, 1.807) is 7.11 Å². The number of para-hydroxylation sites is 1. The van der Waals surface area contributed by atoms with Crippen molar-refractivity contribution in [2.75, 3.05) is 60.2 Å². The number of ether oxygens (including phenoxy) is 3. The van der Waals surface area contributed by atoms with E-state index < -0.39 is 6.10 Å². The van der Waals surface area contributed by atoms with Gasteiger partial charge < -0.3 is 24.2 Å². The number of hydrogen-bond acceptors (Lipinski definition) is 6. The highest BCUT2D eigenvalue weighted by Gasteiger charge is 2.21. The van der Waals surface area contributed by atoms with Crippen molar-refractivity contribution < 1.29 is 19.3 Å². The van der Waals surface area contributed by atoms with Gasteiger partial charge in [0.15, 0.2) is 11.5 Å². The van der Waals surface area contributed by atoms with Crippen molar-refractivity contribution in [1.29, 1.82) is 0 Å². The highest BCUT2D eigenvalue weighted by Crippen LogP contribution is 2.33. The normalized spacial score (nSPS) is 19.7. The predicted octanol–water partition coefficient (Wildman–Crippen LogP) is 2.00. The van der Waals surface area contributed by atoms with E-state index in [1.807, 2.05) is 12.1 Å². The smallest absolute Gasteiger partial charge is 0.165 e. The average Bonchev–Trinajstić information content (AvgIpc) is 2.64. The van der Waals surface area contributed by atoms with Crippen molar-refractivity contribution in [1.82, 2.24) is 9.80 Å². The molecule has 1 aliphatic carbocycles. The Hall–Kier alpha value is -1.34. The minimum Gasteiger partial charge on any atom is -0.493 e. The molecule has 1 unspecified atom stereocenters. The fourth-order valence-electron chi connectivity index (χ4n) is 3.80. The van der Waals surface area contributed by atoms with Crippen LogP contribution in [0.3, 0.4) is 0 Å². The van der Waals surface area contributed by atoms with Gasteiger partial charge in [0.25, 0.3) is 0 Å². The molecule has 0 aromatic heterocycles. The molecule has 0 amide bonds. The standard InChI is InChI=1S/C21H34N2O4/c1-22(13-17-5-3-6-17)14-18-7-4-8-20(25-2)21(18)27-16-19(24)15-23-9-11-26-12-10-23/h4,7-8,17,19,24H,3,5-6,9-16H2,1-2H3. The van der Waals surface area contributed by atoms with Gasteiger partial charge in [-0.3, -0.25) is 4.90 Å². The second kappa shape index (κ2) is 10.3. The molecule has 1 saturated heterocycles. The Morgan fingerprint density at radius 1 is 1.30 bits per heavy atom. The van der Waals surface area contributed by atoms with Crippen LogP contribution >= 0.6 is 0 Å². The number of aliphatic hydroxyl groups is 1. The number of rotatable bonds is 10. The van der Waals surface area contributed by atoms with E-state index in [4.69, 9.17) is 14.2 Å². The number of β-amino-alcohol motifs (C(OH)–C–C–N with tert-alkyl or cyclic N) is 1. The van der Waals surface area contributed by atoms with Crippen LogP contribution in [-0.4, -0.2) is 81.2 Å². The third-order valence-electron chi connectivity index (χ3n) is 5.51. The van der Waals surface area contributed by atoms with Crippen molar-refractivity contribution >= 4 is 0 Å². The number of hydrogen-bond donors (Lipinski definition) is 1. The zero-order chi connectivity index (χ0) is 19.1. The van der Waals surface area contributed by atoms with Crippen LogP contribution in [0.25, 0.3) is 0 Å². The molecule has 27 heavy (non-hydrogen) atoms. The molecule has 0 spiro atoms. The number of aliphatic hydroxyl groups excluding tert-OH is 1. The van der Waals surface area contributed by atoms with Gasteiger partial charge in [0, 0.05) is 38.3 Å². The molecule has 1 aromatic rings. The van der Waals surface area contributed by atoms with Crippen LogP contribution in [0.2, 0.25) is 0 Å². The Kier molecular flexibility index (Phi) is 7.76. The summed E-state index contributed by atoms with van der Waals surface area (Å²) in [6, 6.07) is 6.00. The number of nitrogens with zero attached hydrogens (tertiary/aromatic N) is 2. The molecule has 6 heteroatoms. The van der Waals surface area contributed by atoms with Gasteiger partial charge in [0.2, 0.25) is 0 Å². The zero-order valence-electron chi connectivity index (χ0n) is 16.7. The minimum atomic E-state index is -0.534. The molecule has 1 atom stereocenters. The molecule has 1 N–H and O–H groups in total. The maximum atomic E-state index is 10.4. The van der Waals surface area contributed by atoms with Gasteiger partial charge in [-0.2, -0.15) is 0 Å². The quantitative estimate of drug-likeness (QED) is 0.672. The van der Waals surface area contributed by atoms with Gasteiger partial charge in [-0.1, -0.05) is 18.6 Å². The highest BCUT2D eigenvalue weighted by molar-refractivity contribution is 5.46. The SMILES string of the molecule is COc1cccc(CN(C)CC2CCC2)c1OCC(O)CN1CCOCC1. The maximum absolute atomic E-state index is 10.4. The minimum absolute atomic E-state index is 0.261. The number of methoxy groups -OCH3 is 1. The van der Waals surface area contributed by atoms with Crippen LogP contribution in [0, 0.1) is 5.92 Å². The van der Waals surface area contributed by atoms with Gasteiger partial charge in [0.1, 0.15) is 12.7 Å². The Labute approximate surface area is 163 Å². The van der Waals surface area contributed by atoms with E-state index >= 15 is 0 Å². The van der Waals surface area contributed by atoms with Crippen molar-refractivity contribution in [3.63, 3.8) is 0 Å². The van der Waals surface area contributed by atoms with E-state index in [2.05, 4.69) is 22.9 Å². The van der Waals surface area contributed by atoms with E-state index in [0.29, 0.717) is 6.54 Å². The monoisotopic (exact) mass is 378 g/mol. The van der Waals surface area contributed by atoms with Gasteiger partial charge in [-0.25, -0.2) is 0 Å². The zero-order valence-corrected chi connectivity index (χ0v) is 16.7. The van der Waals surface area contributed by atoms with Crippen LogP contribution in [0.5, 0.6) is 11.5 Å². The molecule has 1 heterocycles. The first-order chi connectivity index (χ1) is 13.2. The first-order valence-electron chi connectivity index (χ1n) is 10.1. The Balaban J connectivity index is 1.56. The lowest BCUT2D eigenvalue weighted by Gasteiger charge is -2.31. The molecule has 3 rings (SSSR count). The maximum Gasteiger partial charge on any atom is 0.165 e. The number of morpholine rings is 1. The molecule has 6 nitrogen and oxygen atoms in total. The lowest BCUT2D eigenvalue weighted by molar-refractivity contribution is 0.00431. The Bertz CT molecular complexity index is 573. The first kappa shape index (κ1) is 20.4. The lowest BCUT2D eigenvalue weighted by atomic mass is 9.85. The molecular formula is C21H34N2O4. The molecule has 2 aliphatic rings. The summed E-state index contributed by atoms with van der Waals surface area (Å²) in [5.74, 6) is 2.31. The van der Waals surface area contributed by atoms with Gasteiger partial charge in [-0.05, 0) is 31.9 Å². The summed E-state index contributed by atoms with van der Waals surface area (Å²) in [6.07, 6.45) is 3.53. The summed E-state index contributed by atoms with van der Waals surface area (Å²) in [7, 11) is 3.82. The van der Waals surface area contributed by atoms with Crippen molar-refractivity contribution in [3.05, 3.63) is 23.8 Å². The van der Waals surface area contributed by atoms with E-state index in [9.17, 15) is 5.11 Å². The van der Waals surface area contributed by atoms with Gasteiger partial charge in [-0.15, -0.1) is 0 Å². The van der Waals surface area contributed by atoms with Crippen molar-refractivity contribution in [2.24, 2.45) is 5.92 Å². The second-order valence-electron chi connectivity index (χ2n) is 7.82. The van der Waals surface area contributed by atoms with Gasteiger partial charge in [0.05, 0.1) is 20.3 Å². The molecular weight excluding hydrogens is 344 g/mol. The summed E-state index contributed by atoms with van der Waals surface area (Å²) < 4.78 is 16.9. The predicted molar refractivity (Wildman–Crippen MR) is 105 cm³/mol. The molecule has 1 saturated carbocycles. The molecule has 0 radical (unpaired) electrons. The third kappa shape index (κ3) is 6.07. The Morgan fingerprint density at radius 3 is 2.74 bits per heavy atom. The van der Waals surface area contributed by atoms with Crippen molar-refractivity contribution in [2.45, 2.75) is 31.9 Å². The summed E-state index contributed by atoms with van der Waals surface area (Å²) in [5, 5.41) is 10.4. The van der Waals surface area contributed by atoms with Crippen LogP contribution < -0.4 is 9.47 Å². The fraction of sp³-hybridized carbons (Fsp3) is 0.714. The molecule has 0 bridgehead atoms. The van der Waals surface area contributed by atoms with Crippen LogP contribution in [0.15, 0.2) is 18.2 Å². The summed E-state index contributed by atoms with van der Waals surface area (Å²) >= 11 is 0. The highest BCUT2D eigenvalue weighted by atomic mass is 16.5. The molecule has 1 aromatic carbocycles. The summed E-state index contributed by atoms with van der Waals surface area (Å²) in [4.78, 5) is 4.57. The summed E-state index contributed by atoms with van der Waals surface area (Å²) in [6.45, 7) is 6.01. The fourth-order valence-corrected chi connectivity index (χ4v) is 3.80. The summed E-state index contributed by atoms with van der Waals surface area (Å²) in [5.41, 5.74) is 1.11. The molecule has 1 aliphatic heterocycles. The third-order valence-corrected chi connectivity index (χ3v) is 5.51. The Morgan fingerprint density at radius 2 is 2.07 bits per heavy atom. The van der Waals surface area contributed by atoms with Gasteiger partial charge >= 0.3 is 0 Å². The molecule has 152 valence electrons. The largest absolute Gasteiger partial charge is 0.493 e. The topological polar surface area (TPSA) is 54.4 Å².